The van der Waals surface area contributed by atoms with E-state index in [0.717, 1.165) is 0 Å². The molecule has 0 saturated heterocycles. The Hall–Kier alpha value is -2.70. The molecule has 1 aromatic carbocycles. The Morgan fingerprint density at radius 3 is 2.70 bits per heavy atom. The first-order chi connectivity index (χ1) is 9.45. The number of nitro benzene ring substituents is 1. The Bertz CT molecular complexity index is 676. The van der Waals surface area contributed by atoms with Gasteiger partial charge in [0.2, 0.25) is 0 Å². The quantitative estimate of drug-likeness (QED) is 0.523. The van der Waals surface area contributed by atoms with Gasteiger partial charge in [-0.2, -0.15) is 5.10 Å². The van der Waals surface area contributed by atoms with Crippen LogP contribution in [0.25, 0.3) is 11.3 Å². The van der Waals surface area contributed by atoms with E-state index in [2.05, 4.69) is 5.10 Å². The lowest BCUT2D eigenvalue weighted by molar-refractivity contribution is -0.384. The molecule has 20 heavy (non-hydrogen) atoms. The maximum absolute atomic E-state index is 11.2. The molecule has 0 amide bonds. The van der Waals surface area contributed by atoms with Crippen molar-refractivity contribution in [2.45, 2.75) is 19.9 Å². The summed E-state index contributed by atoms with van der Waals surface area (Å²) in [5.41, 5.74) is 6.93. The zero-order valence-electron chi connectivity index (χ0n) is 11.1. The molecule has 1 aromatic heterocycles. The number of nitrogens with zero attached hydrogens (tertiary/aromatic N) is 3. The maximum atomic E-state index is 11.2. The van der Waals surface area contributed by atoms with Gasteiger partial charge in [-0.05, 0) is 13.8 Å². The van der Waals surface area contributed by atoms with Crippen molar-refractivity contribution in [3.8, 4) is 11.3 Å². The molecule has 0 bridgehead atoms. The summed E-state index contributed by atoms with van der Waals surface area (Å²) in [6.07, 6.45) is 0.620. The minimum atomic E-state index is -0.493. The Morgan fingerprint density at radius 2 is 2.15 bits per heavy atom. The minimum absolute atomic E-state index is 0.0128. The van der Waals surface area contributed by atoms with Crippen molar-refractivity contribution >= 4 is 17.8 Å². The van der Waals surface area contributed by atoms with Crippen LogP contribution in [0, 0.1) is 10.1 Å². The van der Waals surface area contributed by atoms with Crippen LogP contribution in [-0.4, -0.2) is 21.0 Å². The molecule has 0 radical (unpaired) electrons. The van der Waals surface area contributed by atoms with Gasteiger partial charge in [0.05, 0.1) is 10.5 Å². The van der Waals surface area contributed by atoms with Gasteiger partial charge >= 0.3 is 0 Å². The number of hydrogen-bond acceptors (Lipinski definition) is 5. The second-order valence-electron chi connectivity index (χ2n) is 4.61. The fourth-order valence-electron chi connectivity index (χ4n) is 1.95. The highest BCUT2D eigenvalue weighted by molar-refractivity contribution is 5.91. The third-order valence-electron chi connectivity index (χ3n) is 2.92. The summed E-state index contributed by atoms with van der Waals surface area (Å²) < 4.78 is 1.53. The molecule has 0 unspecified atom stereocenters. The molecule has 0 fully saturated rings. The van der Waals surface area contributed by atoms with E-state index in [9.17, 15) is 14.9 Å². The molecule has 0 aliphatic heterocycles. The molecule has 2 aromatic rings. The topological polar surface area (TPSA) is 104 Å². The highest BCUT2D eigenvalue weighted by Gasteiger charge is 2.19. The summed E-state index contributed by atoms with van der Waals surface area (Å²) in [5, 5.41) is 15.1. The van der Waals surface area contributed by atoms with E-state index in [1.807, 2.05) is 13.8 Å². The molecule has 104 valence electrons. The molecule has 7 nitrogen and oxygen atoms in total. The van der Waals surface area contributed by atoms with E-state index in [1.54, 1.807) is 12.1 Å². The third kappa shape index (κ3) is 2.25. The molecule has 0 aliphatic rings. The van der Waals surface area contributed by atoms with Crippen molar-refractivity contribution in [2.24, 2.45) is 0 Å². The normalized spacial score (nSPS) is 10.8. The largest absolute Gasteiger partial charge is 0.383 e. The standard InChI is InChI=1S/C13H14N4O3/c1-8(2)16-13(14)11(7-18)12(15-16)9-4-3-5-10(6-9)17(19)20/h3-8H,14H2,1-2H3. The lowest BCUT2D eigenvalue weighted by Crippen LogP contribution is -2.07. The van der Waals surface area contributed by atoms with Gasteiger partial charge in [0.1, 0.15) is 11.5 Å². The van der Waals surface area contributed by atoms with Crippen LogP contribution < -0.4 is 5.73 Å². The van der Waals surface area contributed by atoms with Crippen molar-refractivity contribution in [2.75, 3.05) is 5.73 Å². The van der Waals surface area contributed by atoms with E-state index >= 15 is 0 Å². The number of carbonyl (C=O) groups excluding carboxylic acids is 1. The van der Waals surface area contributed by atoms with Crippen LogP contribution in [0.2, 0.25) is 0 Å². The van der Waals surface area contributed by atoms with Crippen molar-refractivity contribution in [3.63, 3.8) is 0 Å². The van der Waals surface area contributed by atoms with Gasteiger partial charge in [-0.15, -0.1) is 0 Å². The molecule has 0 spiro atoms. The predicted octanol–water partition coefficient (Wildman–Crippen LogP) is 2.43. The van der Waals surface area contributed by atoms with Gasteiger partial charge in [-0.25, -0.2) is 4.68 Å². The molecule has 7 heteroatoms. The zero-order chi connectivity index (χ0) is 14.9. The van der Waals surface area contributed by atoms with E-state index in [0.29, 0.717) is 17.5 Å². The van der Waals surface area contributed by atoms with Crippen LogP contribution in [0.5, 0.6) is 0 Å². The maximum Gasteiger partial charge on any atom is 0.270 e. The molecule has 0 aliphatic carbocycles. The molecule has 2 rings (SSSR count). The van der Waals surface area contributed by atoms with Crippen LogP contribution in [0.15, 0.2) is 24.3 Å². The SMILES string of the molecule is CC(C)n1nc(-c2cccc([N+](=O)[O-])c2)c(C=O)c1N. The second-order valence-corrected chi connectivity index (χ2v) is 4.61. The van der Waals surface area contributed by atoms with Crippen molar-refractivity contribution in [1.82, 2.24) is 9.78 Å². The summed E-state index contributed by atoms with van der Waals surface area (Å²) >= 11 is 0. The lowest BCUT2D eigenvalue weighted by Gasteiger charge is -2.06. The monoisotopic (exact) mass is 274 g/mol. The summed E-state index contributed by atoms with van der Waals surface area (Å²) in [6.45, 7) is 3.77. The summed E-state index contributed by atoms with van der Waals surface area (Å²) in [5.74, 6) is 0.261. The number of aromatic nitrogens is 2. The van der Waals surface area contributed by atoms with Gasteiger partial charge in [-0.1, -0.05) is 12.1 Å². The van der Waals surface area contributed by atoms with Crippen LogP contribution >= 0.6 is 0 Å². The number of rotatable bonds is 4. The number of nitrogens with two attached hydrogens (primary N) is 1. The van der Waals surface area contributed by atoms with Crippen molar-refractivity contribution in [1.29, 1.82) is 0 Å². The van der Waals surface area contributed by atoms with E-state index in [-0.39, 0.29) is 23.1 Å². The van der Waals surface area contributed by atoms with Gasteiger partial charge < -0.3 is 5.73 Å². The van der Waals surface area contributed by atoms with Crippen LogP contribution in [0.1, 0.15) is 30.2 Å². The van der Waals surface area contributed by atoms with Crippen LogP contribution in [-0.2, 0) is 0 Å². The fraction of sp³-hybridized carbons (Fsp3) is 0.231. The fourth-order valence-corrected chi connectivity index (χ4v) is 1.95. The van der Waals surface area contributed by atoms with Crippen LogP contribution in [0.4, 0.5) is 11.5 Å². The number of aldehydes is 1. The van der Waals surface area contributed by atoms with E-state index in [4.69, 9.17) is 5.73 Å². The average molecular weight is 274 g/mol. The molecule has 1 heterocycles. The minimum Gasteiger partial charge on any atom is -0.383 e. The molecule has 2 N–H and O–H groups in total. The third-order valence-corrected chi connectivity index (χ3v) is 2.92. The number of non-ortho nitro benzene ring substituents is 1. The van der Waals surface area contributed by atoms with Gasteiger partial charge in [0, 0.05) is 23.7 Å². The Labute approximate surface area is 115 Å². The van der Waals surface area contributed by atoms with E-state index in [1.165, 1.54) is 16.8 Å². The Balaban J connectivity index is 2.63. The highest BCUT2D eigenvalue weighted by Crippen LogP contribution is 2.29. The number of nitrogen functional groups attached to an aromatic ring is 1. The number of hydrogen-bond donors (Lipinski definition) is 1. The second kappa shape index (κ2) is 5.12. The molecule has 0 saturated carbocycles. The predicted molar refractivity (Wildman–Crippen MR) is 74.5 cm³/mol. The van der Waals surface area contributed by atoms with Gasteiger partial charge in [0.15, 0.2) is 6.29 Å². The first-order valence-corrected chi connectivity index (χ1v) is 6.03. The van der Waals surface area contributed by atoms with Gasteiger partial charge in [0.25, 0.3) is 5.69 Å². The zero-order valence-corrected chi connectivity index (χ0v) is 11.1. The number of nitro groups is 1. The molecule has 0 atom stereocenters. The summed E-state index contributed by atoms with van der Waals surface area (Å²) in [4.78, 5) is 21.5. The Morgan fingerprint density at radius 1 is 1.45 bits per heavy atom. The molecular weight excluding hydrogens is 260 g/mol. The lowest BCUT2D eigenvalue weighted by atomic mass is 10.1. The van der Waals surface area contributed by atoms with Crippen molar-refractivity contribution in [3.05, 3.63) is 39.9 Å². The smallest absolute Gasteiger partial charge is 0.270 e. The summed E-state index contributed by atoms with van der Waals surface area (Å²) in [7, 11) is 0. The Kier molecular flexibility index (Phi) is 3.51. The first-order valence-electron chi connectivity index (χ1n) is 6.03. The van der Waals surface area contributed by atoms with Crippen LogP contribution in [0.3, 0.4) is 0 Å². The summed E-state index contributed by atoms with van der Waals surface area (Å²) in [6, 6.07) is 5.95. The van der Waals surface area contributed by atoms with Crippen molar-refractivity contribution < 1.29 is 9.72 Å². The highest BCUT2D eigenvalue weighted by atomic mass is 16.6. The molecular formula is C13H14N4O3. The first kappa shape index (κ1) is 13.7. The number of benzene rings is 1. The van der Waals surface area contributed by atoms with E-state index < -0.39 is 4.92 Å². The van der Waals surface area contributed by atoms with Gasteiger partial charge in [-0.3, -0.25) is 14.9 Å². The average Bonchev–Trinajstić information content (AvgIpc) is 2.76. The number of anilines is 1. The number of carbonyl (C=O) groups is 1.